The van der Waals surface area contributed by atoms with Crippen LogP contribution >= 0.6 is 0 Å². The van der Waals surface area contributed by atoms with Crippen molar-refractivity contribution >= 4 is 5.97 Å². The van der Waals surface area contributed by atoms with E-state index in [0.29, 0.717) is 0 Å². The Morgan fingerprint density at radius 2 is 1.76 bits per heavy atom. The van der Waals surface area contributed by atoms with Gasteiger partial charge < -0.3 is 9.47 Å². The van der Waals surface area contributed by atoms with E-state index in [-0.39, 0.29) is 18.5 Å². The lowest BCUT2D eigenvalue weighted by Gasteiger charge is -2.11. The minimum absolute atomic E-state index is 0.0405. The summed E-state index contributed by atoms with van der Waals surface area (Å²) in [6, 6.07) is 17.1. The van der Waals surface area contributed by atoms with E-state index < -0.39 is 0 Å². The fourth-order valence-corrected chi connectivity index (χ4v) is 1.86. The van der Waals surface area contributed by atoms with Crippen molar-refractivity contribution in [3.8, 4) is 11.5 Å². The van der Waals surface area contributed by atoms with Gasteiger partial charge in [0.25, 0.3) is 0 Å². The largest absolute Gasteiger partial charge is 0.462 e. The highest BCUT2D eigenvalue weighted by molar-refractivity contribution is 5.72. The molecular weight excluding hydrogens is 264 g/mol. The first-order chi connectivity index (χ1) is 10.2. The summed E-state index contributed by atoms with van der Waals surface area (Å²) >= 11 is 0. The van der Waals surface area contributed by atoms with Crippen LogP contribution in [0.4, 0.5) is 0 Å². The van der Waals surface area contributed by atoms with Gasteiger partial charge in [0.05, 0.1) is 12.5 Å². The molecule has 0 N–H and O–H groups in total. The van der Waals surface area contributed by atoms with Gasteiger partial charge in [-0.15, -0.1) is 0 Å². The Bertz CT molecular complexity index is 578. The highest BCUT2D eigenvalue weighted by Gasteiger charge is 2.09. The molecule has 1 atom stereocenters. The van der Waals surface area contributed by atoms with Crippen LogP contribution in [-0.2, 0) is 16.0 Å². The van der Waals surface area contributed by atoms with Crippen LogP contribution in [0.2, 0.25) is 0 Å². The highest BCUT2D eigenvalue weighted by Crippen LogP contribution is 2.22. The molecule has 0 bridgehead atoms. The zero-order valence-electron chi connectivity index (χ0n) is 12.4. The van der Waals surface area contributed by atoms with Gasteiger partial charge in [0, 0.05) is 0 Å². The molecule has 0 spiro atoms. The van der Waals surface area contributed by atoms with Crippen LogP contribution in [0.15, 0.2) is 54.6 Å². The SMILES string of the molecule is CCC(C)OC(=O)Cc1cccc(Oc2ccccc2)c1. The van der Waals surface area contributed by atoms with E-state index in [1.807, 2.05) is 68.4 Å². The molecule has 0 amide bonds. The van der Waals surface area contributed by atoms with Gasteiger partial charge in [-0.3, -0.25) is 4.79 Å². The molecule has 110 valence electrons. The molecule has 0 aliphatic heterocycles. The Balaban J connectivity index is 1.99. The Morgan fingerprint density at radius 3 is 2.48 bits per heavy atom. The van der Waals surface area contributed by atoms with Gasteiger partial charge in [-0.2, -0.15) is 0 Å². The average molecular weight is 284 g/mol. The zero-order valence-corrected chi connectivity index (χ0v) is 12.4. The summed E-state index contributed by atoms with van der Waals surface area (Å²) in [7, 11) is 0. The van der Waals surface area contributed by atoms with Crippen molar-refractivity contribution in [2.45, 2.75) is 32.8 Å². The van der Waals surface area contributed by atoms with Gasteiger partial charge in [-0.1, -0.05) is 37.3 Å². The number of hydrogen-bond acceptors (Lipinski definition) is 3. The maximum Gasteiger partial charge on any atom is 0.310 e. The summed E-state index contributed by atoms with van der Waals surface area (Å²) in [6.45, 7) is 3.89. The minimum Gasteiger partial charge on any atom is -0.462 e. The van der Waals surface area contributed by atoms with Crippen LogP contribution < -0.4 is 4.74 Å². The molecular formula is C18H20O3. The molecule has 2 aromatic rings. The summed E-state index contributed by atoms with van der Waals surface area (Å²) in [5, 5.41) is 0. The Hall–Kier alpha value is -2.29. The second-order valence-corrected chi connectivity index (χ2v) is 4.95. The lowest BCUT2D eigenvalue weighted by atomic mass is 10.1. The van der Waals surface area contributed by atoms with E-state index in [0.717, 1.165) is 23.5 Å². The van der Waals surface area contributed by atoms with E-state index >= 15 is 0 Å². The molecule has 3 nitrogen and oxygen atoms in total. The molecule has 0 radical (unpaired) electrons. The molecule has 0 fully saturated rings. The van der Waals surface area contributed by atoms with Crippen LogP contribution in [-0.4, -0.2) is 12.1 Å². The molecule has 21 heavy (non-hydrogen) atoms. The van der Waals surface area contributed by atoms with Crippen molar-refractivity contribution < 1.29 is 14.3 Å². The molecule has 0 heterocycles. The second kappa shape index (κ2) is 7.48. The maximum atomic E-state index is 11.8. The first-order valence-electron chi connectivity index (χ1n) is 7.18. The molecule has 1 unspecified atom stereocenters. The Labute approximate surface area is 125 Å². The first kappa shape index (κ1) is 15.1. The Kier molecular flexibility index (Phi) is 5.38. The van der Waals surface area contributed by atoms with E-state index in [1.54, 1.807) is 0 Å². The highest BCUT2D eigenvalue weighted by atomic mass is 16.5. The summed E-state index contributed by atoms with van der Waals surface area (Å²) in [5.41, 5.74) is 0.886. The van der Waals surface area contributed by atoms with E-state index in [2.05, 4.69) is 0 Å². The molecule has 0 aliphatic carbocycles. The lowest BCUT2D eigenvalue weighted by Crippen LogP contribution is -2.15. The third-order valence-electron chi connectivity index (χ3n) is 3.13. The van der Waals surface area contributed by atoms with Crippen molar-refractivity contribution in [2.75, 3.05) is 0 Å². The Morgan fingerprint density at radius 1 is 1.05 bits per heavy atom. The zero-order chi connectivity index (χ0) is 15.1. The van der Waals surface area contributed by atoms with Gasteiger partial charge in [-0.25, -0.2) is 0 Å². The molecule has 2 rings (SSSR count). The summed E-state index contributed by atoms with van der Waals surface area (Å²) in [5.74, 6) is 1.29. The number of rotatable bonds is 6. The van der Waals surface area contributed by atoms with Gasteiger partial charge in [-0.05, 0) is 43.2 Å². The lowest BCUT2D eigenvalue weighted by molar-refractivity contribution is -0.147. The number of benzene rings is 2. The van der Waals surface area contributed by atoms with E-state index in [4.69, 9.17) is 9.47 Å². The van der Waals surface area contributed by atoms with E-state index in [1.165, 1.54) is 0 Å². The molecule has 0 aliphatic rings. The monoisotopic (exact) mass is 284 g/mol. The van der Waals surface area contributed by atoms with Crippen molar-refractivity contribution in [1.82, 2.24) is 0 Å². The third kappa shape index (κ3) is 4.95. The van der Waals surface area contributed by atoms with Gasteiger partial charge in [0.15, 0.2) is 0 Å². The van der Waals surface area contributed by atoms with Gasteiger partial charge in [0.2, 0.25) is 0 Å². The van der Waals surface area contributed by atoms with Gasteiger partial charge >= 0.3 is 5.97 Å². The minimum atomic E-state index is -0.207. The van der Waals surface area contributed by atoms with Crippen molar-refractivity contribution in [2.24, 2.45) is 0 Å². The second-order valence-electron chi connectivity index (χ2n) is 4.95. The summed E-state index contributed by atoms with van der Waals surface area (Å²) < 4.78 is 11.0. The maximum absolute atomic E-state index is 11.8. The van der Waals surface area contributed by atoms with Crippen molar-refractivity contribution in [3.63, 3.8) is 0 Å². The van der Waals surface area contributed by atoms with Crippen LogP contribution in [0.1, 0.15) is 25.8 Å². The number of ether oxygens (including phenoxy) is 2. The topological polar surface area (TPSA) is 35.5 Å². The number of carbonyl (C=O) groups is 1. The van der Waals surface area contributed by atoms with E-state index in [9.17, 15) is 4.79 Å². The summed E-state index contributed by atoms with van der Waals surface area (Å²) in [6.07, 6.45) is 1.04. The first-order valence-corrected chi connectivity index (χ1v) is 7.18. The van der Waals surface area contributed by atoms with Crippen molar-refractivity contribution in [3.05, 3.63) is 60.2 Å². The molecule has 3 heteroatoms. The standard InChI is InChI=1S/C18H20O3/c1-3-14(2)20-18(19)13-15-8-7-11-17(12-15)21-16-9-5-4-6-10-16/h4-12,14H,3,13H2,1-2H3. The normalized spacial score (nSPS) is 11.7. The average Bonchev–Trinajstić information content (AvgIpc) is 2.48. The molecule has 0 saturated carbocycles. The van der Waals surface area contributed by atoms with Crippen molar-refractivity contribution in [1.29, 1.82) is 0 Å². The van der Waals surface area contributed by atoms with Crippen LogP contribution in [0, 0.1) is 0 Å². The number of esters is 1. The van der Waals surface area contributed by atoms with Crippen LogP contribution in [0.25, 0.3) is 0 Å². The molecule has 0 saturated heterocycles. The molecule has 2 aromatic carbocycles. The number of carbonyl (C=O) groups excluding carboxylic acids is 1. The van der Waals surface area contributed by atoms with Crippen LogP contribution in [0.5, 0.6) is 11.5 Å². The molecule has 0 aromatic heterocycles. The van der Waals surface area contributed by atoms with Gasteiger partial charge in [0.1, 0.15) is 11.5 Å². The third-order valence-corrected chi connectivity index (χ3v) is 3.13. The smallest absolute Gasteiger partial charge is 0.310 e. The summed E-state index contributed by atoms with van der Waals surface area (Å²) in [4.78, 5) is 11.8. The predicted molar refractivity (Wildman–Crippen MR) is 82.5 cm³/mol. The van der Waals surface area contributed by atoms with Crippen LogP contribution in [0.3, 0.4) is 0 Å². The predicted octanol–water partition coefficient (Wildman–Crippen LogP) is 4.36. The number of para-hydroxylation sites is 1. The quantitative estimate of drug-likeness (QED) is 0.739. The number of hydrogen-bond donors (Lipinski definition) is 0. The fraction of sp³-hybridized carbons (Fsp3) is 0.278. The fourth-order valence-electron chi connectivity index (χ4n) is 1.86.